The molecule has 2 heterocycles. The topological polar surface area (TPSA) is 58.1 Å². The minimum atomic E-state index is -0.0400. The van der Waals surface area contributed by atoms with E-state index in [0.29, 0.717) is 12.4 Å². The van der Waals surface area contributed by atoms with Crippen LogP contribution in [0.1, 0.15) is 36.9 Å². The fraction of sp³-hybridized carbons (Fsp3) is 0.320. The maximum Gasteiger partial charge on any atom is 0.225 e. The first-order valence-electron chi connectivity index (χ1n) is 10.6. The molecule has 0 spiro atoms. The first kappa shape index (κ1) is 20.1. The van der Waals surface area contributed by atoms with Crippen LogP contribution >= 0.6 is 0 Å². The van der Waals surface area contributed by atoms with Crippen LogP contribution in [0.4, 0.5) is 5.82 Å². The fourth-order valence-electron chi connectivity index (χ4n) is 3.92. The number of hydrogen-bond acceptors (Lipinski definition) is 4. The van der Waals surface area contributed by atoms with Crippen LogP contribution in [-0.2, 0) is 4.79 Å². The molecule has 1 aliphatic heterocycles. The Kier molecular flexibility index (Phi) is 6.07. The molecule has 154 valence electrons. The molecule has 1 aromatic heterocycles. The van der Waals surface area contributed by atoms with E-state index in [1.165, 1.54) is 5.56 Å². The van der Waals surface area contributed by atoms with E-state index in [9.17, 15) is 4.79 Å². The first-order valence-corrected chi connectivity index (χ1v) is 10.6. The van der Waals surface area contributed by atoms with Gasteiger partial charge in [0, 0.05) is 24.8 Å². The number of anilines is 1. The van der Waals surface area contributed by atoms with Crippen LogP contribution < -0.4 is 10.2 Å². The van der Waals surface area contributed by atoms with Gasteiger partial charge in [-0.05, 0) is 38.3 Å². The van der Waals surface area contributed by atoms with Gasteiger partial charge >= 0.3 is 0 Å². The van der Waals surface area contributed by atoms with Gasteiger partial charge < -0.3 is 10.2 Å². The molecule has 1 aliphatic rings. The molecule has 0 bridgehead atoms. The number of piperidine rings is 1. The second-order valence-electron chi connectivity index (χ2n) is 8.03. The lowest BCUT2D eigenvalue weighted by Gasteiger charge is -2.33. The Morgan fingerprint density at radius 2 is 1.87 bits per heavy atom. The molecular formula is C25H28N4O. The van der Waals surface area contributed by atoms with Crippen LogP contribution in [0.25, 0.3) is 11.4 Å². The van der Waals surface area contributed by atoms with Gasteiger partial charge in [-0.2, -0.15) is 0 Å². The van der Waals surface area contributed by atoms with Gasteiger partial charge in [-0.3, -0.25) is 4.79 Å². The monoisotopic (exact) mass is 400 g/mol. The third-order valence-electron chi connectivity index (χ3n) is 5.73. The molecule has 5 heteroatoms. The van der Waals surface area contributed by atoms with Gasteiger partial charge in [0.05, 0.1) is 12.0 Å². The number of rotatable bonds is 5. The molecule has 1 saturated heterocycles. The van der Waals surface area contributed by atoms with E-state index < -0.39 is 0 Å². The number of nitrogens with zero attached hydrogens (tertiary/aromatic N) is 3. The summed E-state index contributed by atoms with van der Waals surface area (Å²) in [6.07, 6.45) is 3.68. The molecule has 1 fully saturated rings. The normalized spacial score (nSPS) is 17.4. The third-order valence-corrected chi connectivity index (χ3v) is 5.73. The van der Waals surface area contributed by atoms with Gasteiger partial charge in [-0.15, -0.1) is 0 Å². The predicted molar refractivity (Wildman–Crippen MR) is 120 cm³/mol. The van der Waals surface area contributed by atoms with Gasteiger partial charge in [0.1, 0.15) is 5.82 Å². The summed E-state index contributed by atoms with van der Waals surface area (Å²) in [6, 6.07) is 20.2. The van der Waals surface area contributed by atoms with Crippen molar-refractivity contribution in [2.24, 2.45) is 5.92 Å². The van der Waals surface area contributed by atoms with E-state index in [4.69, 9.17) is 4.98 Å². The summed E-state index contributed by atoms with van der Waals surface area (Å²) in [7, 11) is 0. The van der Waals surface area contributed by atoms with Crippen LogP contribution in [0.15, 0.2) is 66.9 Å². The molecule has 30 heavy (non-hydrogen) atoms. The maximum absolute atomic E-state index is 12.9. The van der Waals surface area contributed by atoms with Crippen molar-refractivity contribution < 1.29 is 4.79 Å². The Morgan fingerprint density at radius 1 is 1.10 bits per heavy atom. The van der Waals surface area contributed by atoms with Crippen LogP contribution in [0.3, 0.4) is 0 Å². The van der Waals surface area contributed by atoms with Gasteiger partial charge in [0.25, 0.3) is 0 Å². The average Bonchev–Trinajstić information content (AvgIpc) is 2.80. The smallest absolute Gasteiger partial charge is 0.225 e. The highest BCUT2D eigenvalue weighted by Crippen LogP contribution is 2.24. The van der Waals surface area contributed by atoms with Crippen molar-refractivity contribution in [2.45, 2.75) is 32.7 Å². The second-order valence-corrected chi connectivity index (χ2v) is 8.03. The standard InChI is InChI=1S/C25H28N4O/c1-18-10-12-20(13-11-18)19(2)27-25(30)22-9-6-16-29(17-22)23-14-15-26-24(28-23)21-7-4-3-5-8-21/h3-5,7-8,10-15,19,22H,6,9,16-17H2,1-2H3,(H,27,30)/t19-,22-/m0/s1. The number of carbonyl (C=O) groups excluding carboxylic acids is 1. The van der Waals surface area contributed by atoms with E-state index in [1.54, 1.807) is 6.20 Å². The second kappa shape index (κ2) is 9.08. The fourth-order valence-corrected chi connectivity index (χ4v) is 3.92. The zero-order valence-electron chi connectivity index (χ0n) is 17.6. The van der Waals surface area contributed by atoms with Crippen molar-refractivity contribution in [3.8, 4) is 11.4 Å². The SMILES string of the molecule is Cc1ccc([C@H](C)NC(=O)[C@H]2CCCN(c3ccnc(-c4ccccc4)n3)C2)cc1. The molecular weight excluding hydrogens is 372 g/mol. The number of benzene rings is 2. The van der Waals surface area contributed by atoms with E-state index in [1.807, 2.05) is 43.3 Å². The summed E-state index contributed by atoms with van der Waals surface area (Å²) in [6.45, 7) is 5.69. The Balaban J connectivity index is 1.43. The maximum atomic E-state index is 12.9. The zero-order chi connectivity index (χ0) is 20.9. The summed E-state index contributed by atoms with van der Waals surface area (Å²) >= 11 is 0. The molecule has 4 rings (SSSR count). The summed E-state index contributed by atoms with van der Waals surface area (Å²) < 4.78 is 0. The first-order chi connectivity index (χ1) is 14.6. The summed E-state index contributed by atoms with van der Waals surface area (Å²) in [4.78, 5) is 24.3. The quantitative estimate of drug-likeness (QED) is 0.683. The molecule has 1 amide bonds. The number of aryl methyl sites for hydroxylation is 1. The number of carbonyl (C=O) groups is 1. The van der Waals surface area contributed by atoms with Crippen molar-refractivity contribution in [3.63, 3.8) is 0 Å². The Labute approximate surface area is 178 Å². The van der Waals surface area contributed by atoms with E-state index in [2.05, 4.69) is 46.4 Å². The van der Waals surface area contributed by atoms with E-state index in [-0.39, 0.29) is 17.9 Å². The van der Waals surface area contributed by atoms with E-state index >= 15 is 0 Å². The van der Waals surface area contributed by atoms with Crippen molar-refractivity contribution in [3.05, 3.63) is 78.0 Å². The molecule has 2 atom stereocenters. The van der Waals surface area contributed by atoms with Gasteiger partial charge in [0.15, 0.2) is 5.82 Å². The molecule has 0 unspecified atom stereocenters. The van der Waals surface area contributed by atoms with Crippen LogP contribution in [0.5, 0.6) is 0 Å². The Hall–Kier alpha value is -3.21. The van der Waals surface area contributed by atoms with Crippen molar-refractivity contribution in [2.75, 3.05) is 18.0 Å². The van der Waals surface area contributed by atoms with Crippen LogP contribution in [0, 0.1) is 12.8 Å². The lowest BCUT2D eigenvalue weighted by atomic mass is 9.96. The van der Waals surface area contributed by atoms with Crippen molar-refractivity contribution >= 4 is 11.7 Å². The van der Waals surface area contributed by atoms with Crippen molar-refractivity contribution in [1.29, 1.82) is 0 Å². The zero-order valence-corrected chi connectivity index (χ0v) is 17.6. The number of hydrogen-bond donors (Lipinski definition) is 1. The molecule has 0 radical (unpaired) electrons. The number of nitrogens with one attached hydrogen (secondary N) is 1. The molecule has 3 aromatic rings. The van der Waals surface area contributed by atoms with E-state index in [0.717, 1.165) is 36.3 Å². The largest absolute Gasteiger partial charge is 0.356 e. The number of aromatic nitrogens is 2. The summed E-state index contributed by atoms with van der Waals surface area (Å²) in [5.41, 5.74) is 3.35. The lowest BCUT2D eigenvalue weighted by molar-refractivity contribution is -0.125. The minimum absolute atomic E-state index is 0.00258. The highest BCUT2D eigenvalue weighted by molar-refractivity contribution is 5.80. The average molecular weight is 401 g/mol. The lowest BCUT2D eigenvalue weighted by Crippen LogP contribution is -2.44. The molecule has 0 saturated carbocycles. The number of amides is 1. The Morgan fingerprint density at radius 3 is 2.63 bits per heavy atom. The molecule has 5 nitrogen and oxygen atoms in total. The van der Waals surface area contributed by atoms with Crippen LogP contribution in [-0.4, -0.2) is 29.0 Å². The minimum Gasteiger partial charge on any atom is -0.356 e. The van der Waals surface area contributed by atoms with Gasteiger partial charge in [-0.25, -0.2) is 9.97 Å². The summed E-state index contributed by atoms with van der Waals surface area (Å²) in [5, 5.41) is 3.20. The predicted octanol–water partition coefficient (Wildman–Crippen LogP) is 4.55. The molecule has 1 N–H and O–H groups in total. The Bertz CT molecular complexity index is 988. The molecule has 2 aromatic carbocycles. The van der Waals surface area contributed by atoms with Gasteiger partial charge in [-0.1, -0.05) is 60.2 Å². The highest BCUT2D eigenvalue weighted by atomic mass is 16.2. The van der Waals surface area contributed by atoms with Gasteiger partial charge in [0.2, 0.25) is 5.91 Å². The summed E-state index contributed by atoms with van der Waals surface area (Å²) in [5.74, 6) is 1.67. The third kappa shape index (κ3) is 4.67. The molecule has 0 aliphatic carbocycles. The van der Waals surface area contributed by atoms with Crippen molar-refractivity contribution in [1.82, 2.24) is 15.3 Å². The van der Waals surface area contributed by atoms with Crippen LogP contribution in [0.2, 0.25) is 0 Å². The highest BCUT2D eigenvalue weighted by Gasteiger charge is 2.27.